The first-order valence-corrected chi connectivity index (χ1v) is 9.12. The Kier molecular flexibility index (Phi) is 4.59. The fraction of sp³-hybridized carbons (Fsp3) is 0.650. The van der Waals surface area contributed by atoms with Gasteiger partial charge in [-0.3, -0.25) is 4.79 Å². The van der Waals surface area contributed by atoms with Crippen LogP contribution in [0.3, 0.4) is 0 Å². The molecule has 6 heteroatoms. The molecule has 26 heavy (non-hydrogen) atoms. The average molecular weight is 362 g/mol. The van der Waals surface area contributed by atoms with Crippen LogP contribution in [-0.2, 0) is 23.9 Å². The molecule has 1 N–H and O–H groups in total. The predicted octanol–water partition coefficient (Wildman–Crippen LogP) is 2.10. The highest BCUT2D eigenvalue weighted by molar-refractivity contribution is 5.95. The zero-order chi connectivity index (χ0) is 19.3. The van der Waals surface area contributed by atoms with E-state index in [1.54, 1.807) is 26.8 Å². The van der Waals surface area contributed by atoms with Crippen LogP contribution in [0.15, 0.2) is 23.8 Å². The number of hydrogen-bond acceptors (Lipinski definition) is 6. The second-order valence-corrected chi connectivity index (χ2v) is 7.85. The largest absolute Gasteiger partial charge is 0.462 e. The molecule has 1 saturated heterocycles. The molecule has 0 spiro atoms. The number of hydrogen-bond donors (Lipinski definition) is 1. The van der Waals surface area contributed by atoms with Crippen LogP contribution in [-0.4, -0.2) is 41.1 Å². The highest BCUT2D eigenvalue weighted by Gasteiger charge is 2.69. The van der Waals surface area contributed by atoms with E-state index in [1.807, 2.05) is 0 Å². The standard InChI is InChI=1S/C20H26O6/c1-5-11(2)17(22)25-10-13-6-7-14-12(3)18(23)26-16(14)19(4)15(21)8-9-20(13,19)24/h5,13-14,16,24H,3,6-10H2,1-2,4H3/b11-5-/t13-,14+,16-,19+,20-/m1/s1. The normalized spacial score (nSPS) is 39.9. The molecule has 0 aromatic rings. The molecule has 2 saturated carbocycles. The van der Waals surface area contributed by atoms with Crippen molar-refractivity contribution in [3.63, 3.8) is 0 Å². The Morgan fingerprint density at radius 1 is 1.42 bits per heavy atom. The van der Waals surface area contributed by atoms with E-state index in [0.29, 0.717) is 24.0 Å². The van der Waals surface area contributed by atoms with Crippen molar-refractivity contribution in [1.82, 2.24) is 0 Å². The van der Waals surface area contributed by atoms with Crippen molar-refractivity contribution < 1.29 is 29.0 Å². The van der Waals surface area contributed by atoms with E-state index in [1.165, 1.54) is 0 Å². The Morgan fingerprint density at radius 3 is 2.77 bits per heavy atom. The van der Waals surface area contributed by atoms with Gasteiger partial charge in [0.05, 0.1) is 17.6 Å². The minimum absolute atomic E-state index is 0.0310. The van der Waals surface area contributed by atoms with Crippen molar-refractivity contribution in [2.75, 3.05) is 6.61 Å². The molecular weight excluding hydrogens is 336 g/mol. The molecular formula is C20H26O6. The van der Waals surface area contributed by atoms with Gasteiger partial charge in [0.15, 0.2) is 0 Å². The Morgan fingerprint density at radius 2 is 2.12 bits per heavy atom. The molecule has 1 aliphatic heterocycles. The van der Waals surface area contributed by atoms with Crippen molar-refractivity contribution in [3.8, 4) is 0 Å². The van der Waals surface area contributed by atoms with E-state index in [2.05, 4.69) is 6.58 Å². The Balaban J connectivity index is 1.92. The molecule has 0 amide bonds. The van der Waals surface area contributed by atoms with Gasteiger partial charge in [0.25, 0.3) is 0 Å². The highest BCUT2D eigenvalue weighted by Crippen LogP contribution is 2.58. The molecule has 5 atom stereocenters. The molecule has 1 heterocycles. The van der Waals surface area contributed by atoms with Gasteiger partial charge >= 0.3 is 11.9 Å². The van der Waals surface area contributed by atoms with Gasteiger partial charge in [0, 0.05) is 29.4 Å². The zero-order valence-corrected chi connectivity index (χ0v) is 15.5. The molecule has 3 rings (SSSR count). The first-order chi connectivity index (χ1) is 12.2. The summed E-state index contributed by atoms with van der Waals surface area (Å²) in [5, 5.41) is 11.6. The van der Waals surface area contributed by atoms with E-state index in [9.17, 15) is 19.5 Å². The summed E-state index contributed by atoms with van der Waals surface area (Å²) < 4.78 is 10.9. The number of esters is 2. The van der Waals surface area contributed by atoms with Gasteiger partial charge in [-0.1, -0.05) is 12.7 Å². The van der Waals surface area contributed by atoms with E-state index < -0.39 is 35.0 Å². The van der Waals surface area contributed by atoms with Crippen molar-refractivity contribution >= 4 is 17.7 Å². The third-order valence-corrected chi connectivity index (χ3v) is 6.76. The van der Waals surface area contributed by atoms with Gasteiger partial charge in [-0.2, -0.15) is 0 Å². The van der Waals surface area contributed by atoms with Gasteiger partial charge in [0.2, 0.25) is 0 Å². The van der Waals surface area contributed by atoms with Crippen LogP contribution in [0, 0.1) is 17.3 Å². The molecule has 2 aliphatic carbocycles. The molecule has 0 radical (unpaired) electrons. The summed E-state index contributed by atoms with van der Waals surface area (Å²) in [6.07, 6.45) is 2.55. The maximum Gasteiger partial charge on any atom is 0.334 e. The zero-order valence-electron chi connectivity index (χ0n) is 15.5. The fourth-order valence-corrected chi connectivity index (χ4v) is 4.80. The van der Waals surface area contributed by atoms with Crippen molar-refractivity contribution in [1.29, 1.82) is 0 Å². The van der Waals surface area contributed by atoms with Crippen LogP contribution in [0.5, 0.6) is 0 Å². The second kappa shape index (κ2) is 6.34. The Hall–Kier alpha value is -1.95. The summed E-state index contributed by atoms with van der Waals surface area (Å²) in [6.45, 7) is 8.96. The molecule has 3 fully saturated rings. The number of carbonyl (C=O) groups excluding carboxylic acids is 3. The molecule has 142 valence electrons. The number of Topliss-reactive ketones (excluding diaryl/α,β-unsaturated/α-hetero) is 1. The quantitative estimate of drug-likeness (QED) is 0.611. The summed E-state index contributed by atoms with van der Waals surface area (Å²) >= 11 is 0. The molecule has 0 aromatic heterocycles. The second-order valence-electron chi connectivity index (χ2n) is 7.85. The Bertz CT molecular complexity index is 707. The van der Waals surface area contributed by atoms with E-state index in [0.717, 1.165) is 0 Å². The summed E-state index contributed by atoms with van der Waals surface area (Å²) in [5.74, 6) is -1.72. The van der Waals surface area contributed by atoms with Crippen LogP contribution in [0.2, 0.25) is 0 Å². The van der Waals surface area contributed by atoms with E-state index >= 15 is 0 Å². The van der Waals surface area contributed by atoms with Crippen molar-refractivity contribution in [2.45, 2.75) is 58.2 Å². The topological polar surface area (TPSA) is 89.9 Å². The van der Waals surface area contributed by atoms with Crippen LogP contribution < -0.4 is 0 Å². The number of aliphatic hydroxyl groups is 1. The number of ketones is 1. The Labute approximate surface area is 153 Å². The van der Waals surface area contributed by atoms with Crippen molar-refractivity contribution in [3.05, 3.63) is 23.8 Å². The molecule has 3 aliphatic rings. The van der Waals surface area contributed by atoms with E-state index in [4.69, 9.17) is 9.47 Å². The number of allylic oxidation sites excluding steroid dienone is 1. The molecule has 0 aromatic carbocycles. The molecule has 0 bridgehead atoms. The lowest BCUT2D eigenvalue weighted by Crippen LogP contribution is -2.57. The van der Waals surface area contributed by atoms with Gasteiger partial charge in [-0.25, -0.2) is 9.59 Å². The summed E-state index contributed by atoms with van der Waals surface area (Å²) in [5.41, 5.74) is -1.73. The van der Waals surface area contributed by atoms with Crippen LogP contribution in [0.4, 0.5) is 0 Å². The number of rotatable bonds is 3. The summed E-state index contributed by atoms with van der Waals surface area (Å²) in [7, 11) is 0. The van der Waals surface area contributed by atoms with Gasteiger partial charge < -0.3 is 14.6 Å². The number of carbonyl (C=O) groups is 3. The monoisotopic (exact) mass is 362 g/mol. The molecule has 6 nitrogen and oxygen atoms in total. The maximum absolute atomic E-state index is 12.8. The highest BCUT2D eigenvalue weighted by atomic mass is 16.6. The van der Waals surface area contributed by atoms with Crippen LogP contribution >= 0.6 is 0 Å². The maximum atomic E-state index is 12.8. The first-order valence-electron chi connectivity index (χ1n) is 9.12. The third kappa shape index (κ3) is 2.46. The summed E-state index contributed by atoms with van der Waals surface area (Å²) in [6, 6.07) is 0. The smallest absolute Gasteiger partial charge is 0.334 e. The fourth-order valence-electron chi connectivity index (χ4n) is 4.80. The number of fused-ring (bicyclic) bond motifs is 3. The third-order valence-electron chi connectivity index (χ3n) is 6.76. The lowest BCUT2D eigenvalue weighted by atomic mass is 9.65. The van der Waals surface area contributed by atoms with E-state index in [-0.39, 0.29) is 31.1 Å². The van der Waals surface area contributed by atoms with Gasteiger partial charge in [-0.15, -0.1) is 0 Å². The van der Waals surface area contributed by atoms with Gasteiger partial charge in [0.1, 0.15) is 11.9 Å². The van der Waals surface area contributed by atoms with Crippen LogP contribution in [0.25, 0.3) is 0 Å². The predicted molar refractivity (Wildman–Crippen MR) is 92.9 cm³/mol. The lowest BCUT2D eigenvalue weighted by Gasteiger charge is -2.44. The first kappa shape index (κ1) is 18.8. The van der Waals surface area contributed by atoms with Crippen molar-refractivity contribution in [2.24, 2.45) is 17.3 Å². The summed E-state index contributed by atoms with van der Waals surface area (Å²) in [4.78, 5) is 36.8. The minimum Gasteiger partial charge on any atom is -0.462 e. The van der Waals surface area contributed by atoms with Crippen LogP contribution in [0.1, 0.15) is 46.5 Å². The molecule has 0 unspecified atom stereocenters. The van der Waals surface area contributed by atoms with Gasteiger partial charge in [-0.05, 0) is 40.0 Å². The number of ether oxygens (including phenoxy) is 2. The average Bonchev–Trinajstić information content (AvgIpc) is 3.00. The lowest BCUT2D eigenvalue weighted by molar-refractivity contribution is -0.177. The minimum atomic E-state index is -1.38. The SMILES string of the molecule is C=C1C(=O)O[C@@H]2[C@H]1CC[C@H](COC(=O)/C(C)=C\C)[C@]1(O)CCC(=O)[C@@]21C.